The van der Waals surface area contributed by atoms with E-state index in [0.717, 1.165) is 31.0 Å². The first-order valence-corrected chi connectivity index (χ1v) is 13.8. The van der Waals surface area contributed by atoms with Gasteiger partial charge in [0.1, 0.15) is 23.5 Å². The number of piperazine rings is 1. The molecule has 1 aliphatic heterocycles. The van der Waals surface area contributed by atoms with Crippen LogP contribution in [0, 0.1) is 5.82 Å². The number of nitrogen functional groups attached to an aromatic ring is 1. The number of hydrogen-bond acceptors (Lipinski definition) is 10. The molecule has 0 amide bonds. The van der Waals surface area contributed by atoms with E-state index in [4.69, 9.17) is 53.7 Å². The molecule has 6 N–H and O–H groups in total. The van der Waals surface area contributed by atoms with Gasteiger partial charge in [-0.15, -0.1) is 0 Å². The van der Waals surface area contributed by atoms with Crippen LogP contribution in [0.25, 0.3) is 11.1 Å². The highest BCUT2D eigenvalue weighted by Gasteiger charge is 2.23. The molecule has 0 radical (unpaired) electrons. The number of anilines is 2. The molecule has 3 heterocycles. The van der Waals surface area contributed by atoms with Crippen LogP contribution in [-0.4, -0.2) is 76.1 Å². The van der Waals surface area contributed by atoms with Gasteiger partial charge in [-0.2, -0.15) is 0 Å². The van der Waals surface area contributed by atoms with Crippen LogP contribution in [-0.2, 0) is 9.59 Å². The van der Waals surface area contributed by atoms with E-state index in [0.29, 0.717) is 33.7 Å². The largest absolute Gasteiger partial charge is 0.496 e. The zero-order valence-electron chi connectivity index (χ0n) is 23.6. The normalized spacial score (nSPS) is 16.0. The van der Waals surface area contributed by atoms with Crippen LogP contribution in [0.4, 0.5) is 16.0 Å². The van der Waals surface area contributed by atoms with Crippen molar-refractivity contribution < 1.29 is 38.8 Å². The Labute approximate surface area is 257 Å². The number of benzene rings is 1. The lowest BCUT2D eigenvalue weighted by molar-refractivity contribution is -0.152. The molecule has 2 aromatic heterocycles. The van der Waals surface area contributed by atoms with Gasteiger partial charge in [0, 0.05) is 65.8 Å². The molecule has 1 unspecified atom stereocenters. The van der Waals surface area contributed by atoms with Gasteiger partial charge in [-0.3, -0.25) is 4.79 Å². The highest BCUT2D eigenvalue weighted by molar-refractivity contribution is 6.36. The van der Waals surface area contributed by atoms with E-state index >= 15 is 0 Å². The fraction of sp³-hybridized carbons (Fsp3) is 0.357. The number of aliphatic carboxylic acids is 2. The van der Waals surface area contributed by atoms with Crippen molar-refractivity contribution in [1.29, 1.82) is 0 Å². The Morgan fingerprint density at radius 3 is 2.53 bits per heavy atom. The number of nitrogens with one attached hydrogen (secondary N) is 1. The molecule has 1 saturated heterocycles. The maximum absolute atomic E-state index is 14.0. The van der Waals surface area contributed by atoms with E-state index in [2.05, 4.69) is 27.1 Å². The van der Waals surface area contributed by atoms with Crippen LogP contribution < -0.4 is 25.4 Å². The summed E-state index contributed by atoms with van der Waals surface area (Å²) in [5.41, 5.74) is 7.85. The van der Waals surface area contributed by atoms with Gasteiger partial charge in [-0.1, -0.05) is 23.2 Å². The fourth-order valence-electron chi connectivity index (χ4n) is 4.27. The van der Waals surface area contributed by atoms with Gasteiger partial charge in [0.25, 0.3) is 0 Å². The summed E-state index contributed by atoms with van der Waals surface area (Å²) in [6.45, 7) is 6.52. The van der Waals surface area contributed by atoms with Gasteiger partial charge in [0.15, 0.2) is 17.7 Å². The minimum Gasteiger partial charge on any atom is -0.496 e. The maximum atomic E-state index is 14.0. The summed E-state index contributed by atoms with van der Waals surface area (Å²) in [6.07, 6.45) is 0.162. The molecule has 232 valence electrons. The number of methoxy groups -OCH3 is 1. The molecule has 3 atom stereocenters. The Bertz CT molecular complexity index is 1470. The molecule has 0 aliphatic carbocycles. The van der Waals surface area contributed by atoms with E-state index in [-0.39, 0.29) is 10.8 Å². The highest BCUT2D eigenvalue weighted by Crippen LogP contribution is 2.39. The summed E-state index contributed by atoms with van der Waals surface area (Å²) in [5.74, 6) is -1.44. The SMILES string of the molecule is COc1cc(N2CCNC[C@@H]2C)ncc1-c1cnc(N)c(O[C@H](C)c2c(Cl)ccc(F)c2Cl)c1.O=C(O)CC(O)C(=O)O. The number of aliphatic hydroxyl groups excluding tert-OH is 1. The molecular formula is C28H32Cl2FN5O7. The monoisotopic (exact) mass is 639 g/mol. The van der Waals surface area contributed by atoms with Gasteiger partial charge in [0.2, 0.25) is 0 Å². The fourth-order valence-corrected chi connectivity index (χ4v) is 4.94. The summed E-state index contributed by atoms with van der Waals surface area (Å²) in [4.78, 5) is 30.6. The molecule has 0 bridgehead atoms. The zero-order valence-corrected chi connectivity index (χ0v) is 25.1. The zero-order chi connectivity index (χ0) is 31.8. The lowest BCUT2D eigenvalue weighted by atomic mass is 10.1. The third-order valence-corrected chi connectivity index (χ3v) is 7.22. The number of aliphatic hydroxyl groups is 1. The summed E-state index contributed by atoms with van der Waals surface area (Å²) in [7, 11) is 1.61. The van der Waals surface area contributed by atoms with E-state index < -0.39 is 36.4 Å². The number of halogens is 3. The molecular weight excluding hydrogens is 608 g/mol. The molecule has 0 spiro atoms. The molecule has 3 aromatic rings. The minimum absolute atomic E-state index is 0.0914. The van der Waals surface area contributed by atoms with Crippen molar-refractivity contribution in [3.63, 3.8) is 0 Å². The standard InChI is InChI=1S/C24H26Cl2FN5O2.C4H6O5/c1-13-10-29-6-7-32(13)21-9-19(33-3)16(12-30-21)15-8-20(24(28)31-11-15)34-14(2)22-17(25)4-5-18(27)23(22)26;5-2(4(8)9)1-3(6)7/h4-5,8-9,11-14,29H,6-7,10H2,1-3H3,(H2,28,31);2,5H,1H2,(H,6,7)(H,8,9)/t13-,14+;/m0./s1. The lowest BCUT2D eigenvalue weighted by Gasteiger charge is -2.35. The van der Waals surface area contributed by atoms with Gasteiger partial charge in [-0.05, 0) is 32.0 Å². The third kappa shape index (κ3) is 8.57. The topological polar surface area (TPSA) is 180 Å². The van der Waals surface area contributed by atoms with E-state index in [1.165, 1.54) is 12.1 Å². The van der Waals surface area contributed by atoms with E-state index in [1.807, 2.05) is 6.07 Å². The number of nitrogens with zero attached hydrogens (tertiary/aromatic N) is 3. The molecule has 1 fully saturated rings. The van der Waals surface area contributed by atoms with Crippen molar-refractivity contribution in [3.8, 4) is 22.6 Å². The second-order valence-electron chi connectivity index (χ2n) is 9.57. The summed E-state index contributed by atoms with van der Waals surface area (Å²) in [5, 5.41) is 27.7. The van der Waals surface area contributed by atoms with Crippen LogP contribution in [0.2, 0.25) is 10.0 Å². The van der Waals surface area contributed by atoms with Crippen molar-refractivity contribution in [2.75, 3.05) is 37.4 Å². The number of nitrogens with two attached hydrogens (primary N) is 1. The minimum atomic E-state index is -1.79. The van der Waals surface area contributed by atoms with Crippen LogP contribution in [0.15, 0.2) is 36.7 Å². The first-order valence-electron chi connectivity index (χ1n) is 13.0. The summed E-state index contributed by atoms with van der Waals surface area (Å²) >= 11 is 12.4. The average molecular weight is 640 g/mol. The highest BCUT2D eigenvalue weighted by atomic mass is 35.5. The van der Waals surface area contributed by atoms with Crippen molar-refractivity contribution in [1.82, 2.24) is 15.3 Å². The summed E-state index contributed by atoms with van der Waals surface area (Å²) < 4.78 is 25.7. The lowest BCUT2D eigenvalue weighted by Crippen LogP contribution is -2.50. The van der Waals surface area contributed by atoms with E-state index in [9.17, 15) is 14.0 Å². The van der Waals surface area contributed by atoms with Crippen LogP contribution >= 0.6 is 23.2 Å². The van der Waals surface area contributed by atoms with E-state index in [1.54, 1.807) is 32.5 Å². The molecule has 1 aliphatic rings. The Morgan fingerprint density at radius 1 is 1.21 bits per heavy atom. The van der Waals surface area contributed by atoms with Crippen molar-refractivity contribution in [2.24, 2.45) is 0 Å². The van der Waals surface area contributed by atoms with Crippen molar-refractivity contribution >= 4 is 46.8 Å². The van der Waals surface area contributed by atoms with Crippen LogP contribution in [0.1, 0.15) is 31.9 Å². The molecule has 43 heavy (non-hydrogen) atoms. The molecule has 15 heteroatoms. The van der Waals surface area contributed by atoms with Gasteiger partial charge < -0.3 is 40.7 Å². The molecule has 1 aromatic carbocycles. The van der Waals surface area contributed by atoms with Crippen LogP contribution in [0.5, 0.6) is 11.5 Å². The Hall–Kier alpha value is -3.91. The number of ether oxygens (including phenoxy) is 2. The first-order chi connectivity index (χ1) is 20.3. The second kappa shape index (κ2) is 15.0. The number of carbonyl (C=O) groups is 2. The Morgan fingerprint density at radius 2 is 1.93 bits per heavy atom. The molecule has 12 nitrogen and oxygen atoms in total. The number of hydrogen-bond donors (Lipinski definition) is 5. The molecule has 0 saturated carbocycles. The number of rotatable bonds is 9. The number of pyridine rings is 2. The van der Waals surface area contributed by atoms with Gasteiger partial charge in [-0.25, -0.2) is 19.2 Å². The predicted molar refractivity (Wildman–Crippen MR) is 159 cm³/mol. The first kappa shape index (κ1) is 33.6. The average Bonchev–Trinajstić information content (AvgIpc) is 2.96. The number of carboxylic acids is 2. The Balaban J connectivity index is 0.000000489. The molecule has 4 rings (SSSR count). The second-order valence-corrected chi connectivity index (χ2v) is 10.4. The third-order valence-electron chi connectivity index (χ3n) is 6.50. The van der Waals surface area contributed by atoms with Crippen molar-refractivity contribution in [3.05, 3.63) is 58.1 Å². The smallest absolute Gasteiger partial charge is 0.333 e. The van der Waals surface area contributed by atoms with Crippen LogP contribution in [0.3, 0.4) is 0 Å². The Kier molecular flexibility index (Phi) is 11.7. The van der Waals surface area contributed by atoms with Crippen molar-refractivity contribution in [2.45, 2.75) is 38.5 Å². The van der Waals surface area contributed by atoms with Gasteiger partial charge >= 0.3 is 11.9 Å². The summed E-state index contributed by atoms with van der Waals surface area (Å²) in [6, 6.07) is 6.63. The number of carboxylic acid groups (broad SMARTS) is 2. The maximum Gasteiger partial charge on any atom is 0.333 e. The number of aromatic nitrogens is 2. The quantitative estimate of drug-likeness (QED) is 0.212. The van der Waals surface area contributed by atoms with Gasteiger partial charge in [0.05, 0.1) is 18.6 Å². The predicted octanol–water partition coefficient (Wildman–Crippen LogP) is 4.03.